The standard InChI is InChI=1S/C10H14N2O2S3/c1-3-6-15-9-11-12-10(17-9)16-7-5-14-8(13)4-2/h4H,2-3,5-7H2,1H3. The largest absolute Gasteiger partial charge is 0.462 e. The zero-order valence-corrected chi connectivity index (χ0v) is 12.0. The van der Waals surface area contributed by atoms with Crippen molar-refractivity contribution in [2.75, 3.05) is 18.1 Å². The SMILES string of the molecule is C=CC(=O)OCCSc1nnc(SCCC)s1. The molecule has 0 radical (unpaired) electrons. The van der Waals surface area contributed by atoms with Gasteiger partial charge in [-0.2, -0.15) is 0 Å². The molecule has 0 saturated carbocycles. The van der Waals surface area contributed by atoms with Crippen LogP contribution in [-0.2, 0) is 9.53 Å². The lowest BCUT2D eigenvalue weighted by molar-refractivity contribution is -0.137. The minimum Gasteiger partial charge on any atom is -0.462 e. The molecule has 0 fully saturated rings. The van der Waals surface area contributed by atoms with E-state index >= 15 is 0 Å². The van der Waals surface area contributed by atoms with Crippen LogP contribution in [0.15, 0.2) is 21.3 Å². The maximum atomic E-state index is 10.8. The Morgan fingerprint density at radius 1 is 1.41 bits per heavy atom. The van der Waals surface area contributed by atoms with Crippen molar-refractivity contribution in [3.63, 3.8) is 0 Å². The monoisotopic (exact) mass is 290 g/mol. The summed E-state index contributed by atoms with van der Waals surface area (Å²) in [5.74, 6) is 1.37. The van der Waals surface area contributed by atoms with Gasteiger partial charge in [0.2, 0.25) is 0 Å². The molecule has 0 amide bonds. The molecule has 0 aliphatic carbocycles. The molecule has 7 heteroatoms. The van der Waals surface area contributed by atoms with E-state index in [-0.39, 0.29) is 5.97 Å². The van der Waals surface area contributed by atoms with Gasteiger partial charge in [-0.3, -0.25) is 0 Å². The van der Waals surface area contributed by atoms with Gasteiger partial charge >= 0.3 is 5.97 Å². The van der Waals surface area contributed by atoms with Crippen LogP contribution in [0.3, 0.4) is 0 Å². The van der Waals surface area contributed by atoms with Crippen LogP contribution in [-0.4, -0.2) is 34.3 Å². The highest BCUT2D eigenvalue weighted by Gasteiger charge is 2.05. The molecule has 4 nitrogen and oxygen atoms in total. The molecule has 0 unspecified atom stereocenters. The molecule has 1 heterocycles. The molecule has 1 aromatic heterocycles. The van der Waals surface area contributed by atoms with Crippen LogP contribution in [0.25, 0.3) is 0 Å². The first-order valence-electron chi connectivity index (χ1n) is 5.14. The fourth-order valence-corrected chi connectivity index (χ4v) is 3.67. The average molecular weight is 290 g/mol. The molecule has 1 aromatic rings. The van der Waals surface area contributed by atoms with E-state index in [0.717, 1.165) is 26.9 Å². The van der Waals surface area contributed by atoms with Gasteiger partial charge in [-0.25, -0.2) is 4.79 Å². The van der Waals surface area contributed by atoms with Gasteiger partial charge in [0.25, 0.3) is 0 Å². The van der Waals surface area contributed by atoms with Crippen LogP contribution in [0.4, 0.5) is 0 Å². The Morgan fingerprint density at radius 2 is 2.06 bits per heavy atom. The number of thioether (sulfide) groups is 2. The fraction of sp³-hybridized carbons (Fsp3) is 0.500. The van der Waals surface area contributed by atoms with Gasteiger partial charge < -0.3 is 4.74 Å². The molecular weight excluding hydrogens is 276 g/mol. The predicted molar refractivity (Wildman–Crippen MR) is 72.8 cm³/mol. The second-order valence-electron chi connectivity index (χ2n) is 2.90. The summed E-state index contributed by atoms with van der Waals surface area (Å²) in [4.78, 5) is 10.8. The lowest BCUT2D eigenvalue weighted by Crippen LogP contribution is -2.03. The Kier molecular flexibility index (Phi) is 7.30. The molecule has 0 spiro atoms. The lowest BCUT2D eigenvalue weighted by Gasteiger charge is -1.98. The molecule has 0 aromatic carbocycles. The van der Waals surface area contributed by atoms with Crippen LogP contribution in [0.5, 0.6) is 0 Å². The second-order valence-corrected chi connectivity index (χ2v) is 6.56. The summed E-state index contributed by atoms with van der Waals surface area (Å²) in [6, 6.07) is 0. The Hall–Kier alpha value is -0.530. The van der Waals surface area contributed by atoms with Crippen molar-refractivity contribution < 1.29 is 9.53 Å². The molecule has 0 aliphatic heterocycles. The van der Waals surface area contributed by atoms with Gasteiger partial charge in [-0.1, -0.05) is 48.4 Å². The van der Waals surface area contributed by atoms with E-state index < -0.39 is 0 Å². The number of esters is 1. The number of carbonyl (C=O) groups excluding carboxylic acids is 1. The summed E-state index contributed by atoms with van der Waals surface area (Å²) < 4.78 is 6.77. The Labute approximate surface area is 113 Å². The molecule has 17 heavy (non-hydrogen) atoms. The molecule has 0 aliphatic rings. The molecule has 0 atom stereocenters. The molecule has 0 N–H and O–H groups in total. The summed E-state index contributed by atoms with van der Waals surface area (Å²) in [5.41, 5.74) is 0. The summed E-state index contributed by atoms with van der Waals surface area (Å²) >= 11 is 4.85. The molecule has 0 saturated heterocycles. The minimum atomic E-state index is -0.387. The van der Waals surface area contributed by atoms with Crippen LogP contribution < -0.4 is 0 Å². The molecule has 1 rings (SSSR count). The average Bonchev–Trinajstić information content (AvgIpc) is 2.79. The molecule has 94 valence electrons. The Morgan fingerprint density at radius 3 is 2.65 bits per heavy atom. The smallest absolute Gasteiger partial charge is 0.330 e. The summed E-state index contributed by atoms with van der Waals surface area (Å²) in [5, 5.41) is 8.13. The second kappa shape index (κ2) is 8.54. The Balaban J connectivity index is 2.20. The summed E-state index contributed by atoms with van der Waals surface area (Å²) in [7, 11) is 0. The first kappa shape index (κ1) is 14.5. The van der Waals surface area contributed by atoms with Crippen LogP contribution in [0, 0.1) is 0 Å². The zero-order chi connectivity index (χ0) is 12.5. The van der Waals surface area contributed by atoms with Crippen molar-refractivity contribution in [2.45, 2.75) is 22.0 Å². The zero-order valence-electron chi connectivity index (χ0n) is 9.55. The number of ether oxygens (including phenoxy) is 1. The van der Waals surface area contributed by atoms with E-state index in [0.29, 0.717) is 12.4 Å². The van der Waals surface area contributed by atoms with Crippen molar-refractivity contribution in [3.8, 4) is 0 Å². The van der Waals surface area contributed by atoms with Crippen LogP contribution >= 0.6 is 34.9 Å². The minimum absolute atomic E-state index is 0.368. The number of aromatic nitrogens is 2. The van der Waals surface area contributed by atoms with Gasteiger partial charge in [0.15, 0.2) is 8.68 Å². The van der Waals surface area contributed by atoms with Gasteiger partial charge in [-0.15, -0.1) is 10.2 Å². The molecule has 0 bridgehead atoms. The number of hydrogen-bond acceptors (Lipinski definition) is 7. The lowest BCUT2D eigenvalue weighted by atomic mass is 10.6. The predicted octanol–water partition coefficient (Wildman–Crippen LogP) is 2.86. The van der Waals surface area contributed by atoms with Gasteiger partial charge in [0.1, 0.15) is 6.61 Å². The van der Waals surface area contributed by atoms with E-state index in [9.17, 15) is 4.79 Å². The maximum Gasteiger partial charge on any atom is 0.330 e. The summed E-state index contributed by atoms with van der Waals surface area (Å²) in [6.45, 7) is 5.83. The third kappa shape index (κ3) is 6.09. The first-order valence-corrected chi connectivity index (χ1v) is 7.93. The van der Waals surface area contributed by atoms with E-state index in [4.69, 9.17) is 4.74 Å². The molecular formula is C10H14N2O2S3. The Bertz CT molecular complexity index is 368. The van der Waals surface area contributed by atoms with E-state index in [1.165, 1.54) is 0 Å². The van der Waals surface area contributed by atoms with Gasteiger partial charge in [-0.05, 0) is 6.42 Å². The number of carbonyl (C=O) groups is 1. The van der Waals surface area contributed by atoms with Crippen molar-refractivity contribution in [3.05, 3.63) is 12.7 Å². The van der Waals surface area contributed by atoms with Crippen molar-refractivity contribution in [1.82, 2.24) is 10.2 Å². The van der Waals surface area contributed by atoms with Gasteiger partial charge in [0, 0.05) is 17.6 Å². The van der Waals surface area contributed by atoms with E-state index in [1.807, 2.05) is 0 Å². The van der Waals surface area contributed by atoms with Crippen LogP contribution in [0.2, 0.25) is 0 Å². The van der Waals surface area contributed by atoms with E-state index in [1.54, 1.807) is 34.9 Å². The maximum absolute atomic E-state index is 10.8. The highest BCUT2D eigenvalue weighted by atomic mass is 32.2. The van der Waals surface area contributed by atoms with Crippen LogP contribution in [0.1, 0.15) is 13.3 Å². The third-order valence-electron chi connectivity index (χ3n) is 1.54. The fourth-order valence-electron chi connectivity index (χ4n) is 0.833. The van der Waals surface area contributed by atoms with Gasteiger partial charge in [0.05, 0.1) is 0 Å². The quantitative estimate of drug-likeness (QED) is 0.317. The van der Waals surface area contributed by atoms with Crippen molar-refractivity contribution in [2.24, 2.45) is 0 Å². The number of hydrogen-bond donors (Lipinski definition) is 0. The number of nitrogens with zero attached hydrogens (tertiary/aromatic N) is 2. The van der Waals surface area contributed by atoms with Crippen molar-refractivity contribution in [1.29, 1.82) is 0 Å². The normalized spacial score (nSPS) is 10.2. The first-order chi connectivity index (χ1) is 8.26. The highest BCUT2D eigenvalue weighted by molar-refractivity contribution is 8.03. The van der Waals surface area contributed by atoms with Crippen molar-refractivity contribution >= 4 is 40.8 Å². The number of rotatable bonds is 8. The summed E-state index contributed by atoms with van der Waals surface area (Å²) in [6.07, 6.45) is 2.29. The van der Waals surface area contributed by atoms with E-state index in [2.05, 4.69) is 23.7 Å². The highest BCUT2D eigenvalue weighted by Crippen LogP contribution is 2.28. The third-order valence-corrected chi connectivity index (χ3v) is 4.90. The topological polar surface area (TPSA) is 52.1 Å².